The highest BCUT2D eigenvalue weighted by Gasteiger charge is 2.19. The van der Waals surface area contributed by atoms with E-state index in [1.165, 1.54) is 23.1 Å². The van der Waals surface area contributed by atoms with E-state index in [0.717, 1.165) is 28.0 Å². The maximum Gasteiger partial charge on any atom is 0.267 e. The smallest absolute Gasteiger partial charge is 0.267 e. The van der Waals surface area contributed by atoms with Crippen LogP contribution in [0.5, 0.6) is 0 Å². The van der Waals surface area contributed by atoms with Crippen molar-refractivity contribution in [3.05, 3.63) is 97.1 Å². The van der Waals surface area contributed by atoms with Gasteiger partial charge in [-0.25, -0.2) is 9.55 Å². The van der Waals surface area contributed by atoms with Gasteiger partial charge in [0.2, 0.25) is 5.78 Å². The molecule has 8 nitrogen and oxygen atoms in total. The molecule has 0 aliphatic rings. The Morgan fingerprint density at radius 2 is 1.80 bits per heavy atom. The number of benzene rings is 2. The van der Waals surface area contributed by atoms with Gasteiger partial charge < -0.3 is 0 Å². The Morgan fingerprint density at radius 3 is 2.66 bits per heavy atom. The zero-order valence-electron chi connectivity index (χ0n) is 19.2. The molecule has 6 aromatic rings. The van der Waals surface area contributed by atoms with E-state index >= 15 is 0 Å². The van der Waals surface area contributed by atoms with Crippen molar-refractivity contribution in [3.63, 3.8) is 0 Å². The maximum atomic E-state index is 13.6. The Morgan fingerprint density at radius 1 is 0.971 bits per heavy atom. The van der Waals surface area contributed by atoms with E-state index < -0.39 is 0 Å². The van der Waals surface area contributed by atoms with Crippen LogP contribution in [0.1, 0.15) is 22.5 Å². The van der Waals surface area contributed by atoms with E-state index in [1.807, 2.05) is 73.0 Å². The van der Waals surface area contributed by atoms with Gasteiger partial charge in [0.15, 0.2) is 10.1 Å². The minimum absolute atomic E-state index is 0.0929. The summed E-state index contributed by atoms with van der Waals surface area (Å²) in [6, 6.07) is 15.0. The van der Waals surface area contributed by atoms with E-state index in [1.54, 1.807) is 15.0 Å². The molecule has 0 bridgehead atoms. The number of fused-ring (bicyclic) bond motifs is 4. The second-order valence-corrected chi connectivity index (χ2v) is 10.2. The Labute approximate surface area is 207 Å². The molecule has 0 N–H and O–H groups in total. The van der Waals surface area contributed by atoms with Gasteiger partial charge in [0.1, 0.15) is 0 Å². The molecule has 0 saturated carbocycles. The summed E-state index contributed by atoms with van der Waals surface area (Å²) in [5.41, 5.74) is 4.85. The number of thioether (sulfide) groups is 1. The molecule has 0 aliphatic carbocycles. The first-order chi connectivity index (χ1) is 16.9. The lowest BCUT2D eigenvalue weighted by atomic mass is 10.1. The fraction of sp³-hybridized carbons (Fsp3) is 0.160. The van der Waals surface area contributed by atoms with Gasteiger partial charge in [-0.15, -0.1) is 21.5 Å². The molecule has 0 aliphatic heterocycles. The molecule has 0 amide bonds. The van der Waals surface area contributed by atoms with Crippen molar-refractivity contribution >= 4 is 44.7 Å². The van der Waals surface area contributed by atoms with Crippen molar-refractivity contribution in [2.75, 3.05) is 0 Å². The van der Waals surface area contributed by atoms with Crippen LogP contribution in [0.15, 0.2) is 68.7 Å². The summed E-state index contributed by atoms with van der Waals surface area (Å²) in [4.78, 5) is 31.5. The average molecular weight is 501 g/mol. The van der Waals surface area contributed by atoms with Crippen molar-refractivity contribution in [2.45, 2.75) is 31.7 Å². The second-order valence-electron chi connectivity index (χ2n) is 8.44. The van der Waals surface area contributed by atoms with Crippen LogP contribution in [0.4, 0.5) is 0 Å². The van der Waals surface area contributed by atoms with Gasteiger partial charge in [0.05, 0.1) is 22.3 Å². The molecule has 2 aromatic carbocycles. The van der Waals surface area contributed by atoms with Crippen LogP contribution in [0.3, 0.4) is 0 Å². The van der Waals surface area contributed by atoms with Crippen molar-refractivity contribution < 1.29 is 0 Å². The van der Waals surface area contributed by atoms with Gasteiger partial charge in [-0.1, -0.05) is 36.0 Å². The van der Waals surface area contributed by atoms with Crippen LogP contribution < -0.4 is 11.1 Å². The van der Waals surface area contributed by atoms with Gasteiger partial charge in [-0.05, 0) is 50.1 Å². The first-order valence-corrected chi connectivity index (χ1v) is 12.8. The SMILES string of the molecule is Cc1ccc(C)c(-n2c(=O)c3ccccc3n3c(SCc4cc(=O)n5c(C)csc5n4)nnc23)c1. The van der Waals surface area contributed by atoms with Crippen LogP contribution in [-0.4, -0.2) is 28.5 Å². The van der Waals surface area contributed by atoms with E-state index in [4.69, 9.17) is 0 Å². The Balaban J connectivity index is 1.52. The lowest BCUT2D eigenvalue weighted by molar-refractivity contribution is 0.925. The van der Waals surface area contributed by atoms with Gasteiger partial charge in [-0.2, -0.15) is 0 Å². The number of thiazole rings is 1. The topological polar surface area (TPSA) is 86.6 Å². The third-order valence-corrected chi connectivity index (χ3v) is 7.88. The van der Waals surface area contributed by atoms with Crippen LogP contribution in [0.2, 0.25) is 0 Å². The summed E-state index contributed by atoms with van der Waals surface area (Å²) in [5, 5.41) is 12.0. The lowest BCUT2D eigenvalue weighted by Gasteiger charge is -2.14. The van der Waals surface area contributed by atoms with Gasteiger partial charge in [0, 0.05) is 22.9 Å². The normalized spacial score (nSPS) is 11.7. The summed E-state index contributed by atoms with van der Waals surface area (Å²) < 4.78 is 5.15. The molecule has 6 rings (SSSR count). The summed E-state index contributed by atoms with van der Waals surface area (Å²) in [7, 11) is 0. The summed E-state index contributed by atoms with van der Waals surface area (Å²) in [5.74, 6) is 0.891. The molecule has 4 aromatic heterocycles. The molecule has 0 saturated heterocycles. The number of aryl methyl sites for hydroxylation is 3. The van der Waals surface area contributed by atoms with Gasteiger partial charge >= 0.3 is 0 Å². The highest BCUT2D eigenvalue weighted by molar-refractivity contribution is 7.98. The van der Waals surface area contributed by atoms with Crippen molar-refractivity contribution in [1.82, 2.24) is 28.5 Å². The predicted molar refractivity (Wildman–Crippen MR) is 139 cm³/mol. The van der Waals surface area contributed by atoms with E-state index in [0.29, 0.717) is 32.7 Å². The van der Waals surface area contributed by atoms with E-state index in [9.17, 15) is 9.59 Å². The second kappa shape index (κ2) is 8.17. The summed E-state index contributed by atoms with van der Waals surface area (Å²) >= 11 is 2.88. The minimum atomic E-state index is -0.140. The zero-order valence-corrected chi connectivity index (χ0v) is 20.9. The number of rotatable bonds is 4. The van der Waals surface area contributed by atoms with E-state index in [2.05, 4.69) is 15.2 Å². The summed E-state index contributed by atoms with van der Waals surface area (Å²) in [6.45, 7) is 5.87. The first-order valence-electron chi connectivity index (χ1n) is 11.0. The fourth-order valence-electron chi connectivity index (χ4n) is 4.26. The van der Waals surface area contributed by atoms with Crippen molar-refractivity contribution in [3.8, 4) is 5.69 Å². The monoisotopic (exact) mass is 500 g/mol. The average Bonchev–Trinajstić information content (AvgIpc) is 3.44. The van der Waals surface area contributed by atoms with Gasteiger partial charge in [-0.3, -0.25) is 18.4 Å². The highest BCUT2D eigenvalue weighted by atomic mass is 32.2. The lowest BCUT2D eigenvalue weighted by Crippen LogP contribution is -2.22. The van der Waals surface area contributed by atoms with Crippen LogP contribution >= 0.6 is 23.1 Å². The van der Waals surface area contributed by atoms with E-state index in [-0.39, 0.29) is 11.1 Å². The van der Waals surface area contributed by atoms with Crippen molar-refractivity contribution in [1.29, 1.82) is 0 Å². The molecule has 35 heavy (non-hydrogen) atoms. The number of hydrogen-bond donors (Lipinski definition) is 0. The standard InChI is InChI=1S/C25H20N6O2S2/c1-14-8-9-15(2)20(10-14)30-22(33)18-6-4-5-7-19(18)31-23(30)27-28-25(31)35-13-17-11-21(32)29-16(3)12-34-24(29)26-17/h4-12H,13H2,1-3H3. The molecule has 0 fully saturated rings. The molecule has 4 heterocycles. The molecule has 0 unspecified atom stereocenters. The van der Waals surface area contributed by atoms with Gasteiger partial charge in [0.25, 0.3) is 11.1 Å². The Bertz CT molecular complexity index is 1900. The Hall–Kier alpha value is -3.76. The fourth-order valence-corrected chi connectivity index (χ4v) is 5.99. The maximum absolute atomic E-state index is 13.6. The molecule has 10 heteroatoms. The molecular formula is C25H20N6O2S2. The highest BCUT2D eigenvalue weighted by Crippen LogP contribution is 2.26. The Kier molecular flexibility index (Phi) is 5.08. The molecule has 0 spiro atoms. The van der Waals surface area contributed by atoms with Crippen LogP contribution in [0.25, 0.3) is 27.3 Å². The van der Waals surface area contributed by atoms with Crippen LogP contribution in [-0.2, 0) is 5.75 Å². The third-order valence-electron chi connectivity index (χ3n) is 5.98. The minimum Gasteiger partial charge on any atom is -0.269 e. The van der Waals surface area contributed by atoms with Crippen LogP contribution in [0, 0.1) is 20.8 Å². The third kappa shape index (κ3) is 3.48. The van der Waals surface area contributed by atoms with Crippen molar-refractivity contribution in [2.24, 2.45) is 0 Å². The predicted octanol–water partition coefficient (Wildman–Crippen LogP) is 4.32. The number of aromatic nitrogens is 6. The molecular weight excluding hydrogens is 480 g/mol. The number of hydrogen-bond acceptors (Lipinski definition) is 7. The molecule has 0 radical (unpaired) electrons. The number of para-hydroxylation sites is 1. The molecule has 0 atom stereocenters. The first kappa shape index (κ1) is 21.8. The number of nitrogens with zero attached hydrogens (tertiary/aromatic N) is 6. The molecule has 174 valence electrons. The zero-order chi connectivity index (χ0) is 24.3. The summed E-state index contributed by atoms with van der Waals surface area (Å²) in [6.07, 6.45) is 0. The largest absolute Gasteiger partial charge is 0.269 e. The quantitative estimate of drug-likeness (QED) is 0.335.